The van der Waals surface area contributed by atoms with Crippen LogP contribution in [0.4, 0.5) is 4.79 Å². The highest BCUT2D eigenvalue weighted by molar-refractivity contribution is 5.65. The minimum atomic E-state index is -0.787. The summed E-state index contributed by atoms with van der Waals surface area (Å²) in [7, 11) is 0. The van der Waals surface area contributed by atoms with Crippen molar-refractivity contribution in [2.45, 2.75) is 38.6 Å². The van der Waals surface area contributed by atoms with Gasteiger partial charge in [-0.25, -0.2) is 4.79 Å². The fourth-order valence-corrected chi connectivity index (χ4v) is 3.04. The van der Waals surface area contributed by atoms with E-state index in [4.69, 9.17) is 10.8 Å². The van der Waals surface area contributed by atoms with Crippen molar-refractivity contribution in [2.75, 3.05) is 13.1 Å². The maximum absolute atomic E-state index is 10.8. The van der Waals surface area contributed by atoms with Gasteiger partial charge in [-0.3, -0.25) is 0 Å². The summed E-state index contributed by atoms with van der Waals surface area (Å²) in [5.74, 6) is 0.600. The quantitative estimate of drug-likeness (QED) is 0.692. The smallest absolute Gasteiger partial charge is 0.407 e. The molecule has 0 spiro atoms. The second-order valence-corrected chi connectivity index (χ2v) is 5.56. The molecule has 1 saturated carbocycles. The van der Waals surface area contributed by atoms with Gasteiger partial charge >= 0.3 is 6.09 Å². The third kappa shape index (κ3) is 1.61. The van der Waals surface area contributed by atoms with Crippen LogP contribution in [0, 0.1) is 11.3 Å². The second-order valence-electron chi connectivity index (χ2n) is 5.56. The topological polar surface area (TPSA) is 66.6 Å². The van der Waals surface area contributed by atoms with Gasteiger partial charge in [-0.2, -0.15) is 0 Å². The van der Waals surface area contributed by atoms with Crippen LogP contribution in [-0.2, 0) is 0 Å². The zero-order chi connectivity index (χ0) is 11.3. The van der Waals surface area contributed by atoms with E-state index in [2.05, 4.69) is 13.8 Å². The van der Waals surface area contributed by atoms with Crippen LogP contribution in [-0.4, -0.2) is 34.7 Å². The molecule has 86 valence electrons. The lowest BCUT2D eigenvalue weighted by Crippen LogP contribution is -2.41. The molecule has 2 unspecified atom stereocenters. The van der Waals surface area contributed by atoms with Crippen molar-refractivity contribution in [3.8, 4) is 0 Å². The maximum atomic E-state index is 10.8. The number of hydrogen-bond donors (Lipinski definition) is 2. The highest BCUT2D eigenvalue weighted by atomic mass is 16.4. The standard InChI is InChI=1S/C11H20N2O2/c1-10(7-11(10,2)12)8-3-5-13(6-4-8)9(14)15/h8H,3-7,12H2,1-2H3,(H,14,15). The van der Waals surface area contributed by atoms with E-state index >= 15 is 0 Å². The summed E-state index contributed by atoms with van der Waals surface area (Å²) >= 11 is 0. The average molecular weight is 212 g/mol. The van der Waals surface area contributed by atoms with Crippen molar-refractivity contribution in [3.05, 3.63) is 0 Å². The number of carboxylic acid groups (broad SMARTS) is 1. The zero-order valence-electron chi connectivity index (χ0n) is 9.49. The van der Waals surface area contributed by atoms with Crippen LogP contribution in [0.2, 0.25) is 0 Å². The van der Waals surface area contributed by atoms with Crippen LogP contribution >= 0.6 is 0 Å². The van der Waals surface area contributed by atoms with Gasteiger partial charge in [-0.05, 0) is 37.5 Å². The predicted molar refractivity (Wildman–Crippen MR) is 57.6 cm³/mol. The Balaban J connectivity index is 1.93. The van der Waals surface area contributed by atoms with Gasteiger partial charge in [0.1, 0.15) is 0 Å². The van der Waals surface area contributed by atoms with Crippen molar-refractivity contribution < 1.29 is 9.90 Å². The molecule has 4 heteroatoms. The van der Waals surface area contributed by atoms with E-state index in [1.165, 1.54) is 4.90 Å². The van der Waals surface area contributed by atoms with Gasteiger partial charge in [0.15, 0.2) is 0 Å². The number of amides is 1. The lowest BCUT2D eigenvalue weighted by Gasteiger charge is -2.35. The highest BCUT2D eigenvalue weighted by Crippen LogP contribution is 2.61. The predicted octanol–water partition coefficient (Wildman–Crippen LogP) is 1.50. The average Bonchev–Trinajstić information content (AvgIpc) is 2.67. The Morgan fingerprint density at radius 1 is 1.40 bits per heavy atom. The SMILES string of the molecule is CC1(N)CC1(C)C1CCN(C(=O)O)CC1. The molecule has 2 atom stereocenters. The molecule has 2 rings (SSSR count). The Hall–Kier alpha value is -0.770. The monoisotopic (exact) mass is 212 g/mol. The lowest BCUT2D eigenvalue weighted by atomic mass is 9.80. The Morgan fingerprint density at radius 3 is 2.20 bits per heavy atom. The molecular weight excluding hydrogens is 192 g/mol. The summed E-state index contributed by atoms with van der Waals surface area (Å²) in [6.07, 6.45) is 2.23. The van der Waals surface area contributed by atoms with Gasteiger partial charge in [0, 0.05) is 18.6 Å². The molecule has 1 aliphatic carbocycles. The van der Waals surface area contributed by atoms with Crippen LogP contribution in [0.1, 0.15) is 33.1 Å². The number of nitrogens with zero attached hydrogens (tertiary/aromatic N) is 1. The molecule has 2 fully saturated rings. The summed E-state index contributed by atoms with van der Waals surface area (Å²) in [4.78, 5) is 12.3. The van der Waals surface area contributed by atoms with Crippen LogP contribution in [0.3, 0.4) is 0 Å². The fourth-order valence-electron chi connectivity index (χ4n) is 3.04. The summed E-state index contributed by atoms with van der Waals surface area (Å²) in [5.41, 5.74) is 6.36. The van der Waals surface area contributed by atoms with E-state index in [1.807, 2.05) is 0 Å². The Labute approximate surface area is 90.4 Å². The molecule has 2 aliphatic rings. The van der Waals surface area contributed by atoms with Crippen LogP contribution in [0.15, 0.2) is 0 Å². The third-order valence-corrected chi connectivity index (χ3v) is 4.58. The minimum absolute atomic E-state index is 0.0247. The van der Waals surface area contributed by atoms with Crippen LogP contribution in [0.5, 0.6) is 0 Å². The molecular formula is C11H20N2O2. The molecule has 0 aromatic carbocycles. The molecule has 15 heavy (non-hydrogen) atoms. The molecule has 0 radical (unpaired) electrons. The maximum Gasteiger partial charge on any atom is 0.407 e. The summed E-state index contributed by atoms with van der Waals surface area (Å²) in [6, 6.07) is 0. The van der Waals surface area contributed by atoms with Gasteiger partial charge in [0.25, 0.3) is 0 Å². The fraction of sp³-hybridized carbons (Fsp3) is 0.909. The molecule has 4 nitrogen and oxygen atoms in total. The molecule has 1 saturated heterocycles. The number of carbonyl (C=O) groups is 1. The molecule has 1 aliphatic heterocycles. The Bertz CT molecular complexity index is 282. The number of piperidine rings is 1. The van der Waals surface area contributed by atoms with Crippen LogP contribution < -0.4 is 5.73 Å². The Morgan fingerprint density at radius 2 is 1.87 bits per heavy atom. The molecule has 3 N–H and O–H groups in total. The lowest BCUT2D eigenvalue weighted by molar-refractivity contribution is 0.107. The van der Waals surface area contributed by atoms with Crippen molar-refractivity contribution in [2.24, 2.45) is 17.1 Å². The number of nitrogens with two attached hydrogens (primary N) is 1. The van der Waals surface area contributed by atoms with Gasteiger partial charge < -0.3 is 15.7 Å². The Kier molecular flexibility index (Phi) is 2.23. The number of hydrogen-bond acceptors (Lipinski definition) is 2. The second kappa shape index (κ2) is 3.11. The van der Waals surface area contributed by atoms with E-state index in [0.717, 1.165) is 19.3 Å². The van der Waals surface area contributed by atoms with Gasteiger partial charge in [0.2, 0.25) is 0 Å². The van der Waals surface area contributed by atoms with E-state index in [1.54, 1.807) is 0 Å². The molecule has 0 aromatic heterocycles. The minimum Gasteiger partial charge on any atom is -0.465 e. The van der Waals surface area contributed by atoms with Crippen molar-refractivity contribution >= 4 is 6.09 Å². The van der Waals surface area contributed by atoms with Gasteiger partial charge in [-0.15, -0.1) is 0 Å². The molecule has 1 amide bonds. The zero-order valence-corrected chi connectivity index (χ0v) is 9.49. The van der Waals surface area contributed by atoms with E-state index in [-0.39, 0.29) is 11.0 Å². The van der Waals surface area contributed by atoms with Crippen molar-refractivity contribution in [3.63, 3.8) is 0 Å². The van der Waals surface area contributed by atoms with Gasteiger partial charge in [-0.1, -0.05) is 6.92 Å². The summed E-state index contributed by atoms with van der Waals surface area (Å²) < 4.78 is 0. The third-order valence-electron chi connectivity index (χ3n) is 4.58. The number of likely N-dealkylation sites (tertiary alicyclic amines) is 1. The van der Waals surface area contributed by atoms with E-state index in [0.29, 0.717) is 19.0 Å². The number of rotatable bonds is 1. The first kappa shape index (κ1) is 10.7. The first-order chi connectivity index (χ1) is 6.87. The van der Waals surface area contributed by atoms with E-state index in [9.17, 15) is 4.79 Å². The van der Waals surface area contributed by atoms with Gasteiger partial charge in [0.05, 0.1) is 0 Å². The molecule has 1 heterocycles. The first-order valence-electron chi connectivity index (χ1n) is 5.63. The van der Waals surface area contributed by atoms with Crippen molar-refractivity contribution in [1.29, 1.82) is 0 Å². The van der Waals surface area contributed by atoms with Crippen LogP contribution in [0.25, 0.3) is 0 Å². The van der Waals surface area contributed by atoms with E-state index < -0.39 is 6.09 Å². The summed E-state index contributed by atoms with van der Waals surface area (Å²) in [5, 5.41) is 8.85. The first-order valence-corrected chi connectivity index (χ1v) is 5.63. The summed E-state index contributed by atoms with van der Waals surface area (Å²) in [6.45, 7) is 5.70. The normalized spacial score (nSPS) is 41.7. The molecule has 0 bridgehead atoms. The van der Waals surface area contributed by atoms with Crippen molar-refractivity contribution in [1.82, 2.24) is 4.90 Å². The largest absolute Gasteiger partial charge is 0.465 e. The highest BCUT2D eigenvalue weighted by Gasteiger charge is 2.62. The molecule has 0 aromatic rings.